The highest BCUT2D eigenvalue weighted by Crippen LogP contribution is 2.09. The van der Waals surface area contributed by atoms with Crippen LogP contribution in [0.1, 0.15) is 25.8 Å². The molecular weight excluding hydrogens is 348 g/mol. The van der Waals surface area contributed by atoms with E-state index in [9.17, 15) is 14.4 Å². The Bertz CT molecular complexity index is 770. The van der Waals surface area contributed by atoms with Gasteiger partial charge in [0, 0.05) is 12.4 Å². The Labute approximate surface area is 157 Å². The first-order chi connectivity index (χ1) is 12.8. The van der Waals surface area contributed by atoms with Crippen molar-refractivity contribution >= 4 is 17.8 Å². The van der Waals surface area contributed by atoms with Crippen LogP contribution < -0.4 is 10.6 Å². The zero-order valence-electron chi connectivity index (χ0n) is 15.4. The lowest BCUT2D eigenvalue weighted by atomic mass is 10.0. The molecule has 1 heterocycles. The maximum absolute atomic E-state index is 12.0. The monoisotopic (exact) mass is 372 g/mol. The molecule has 0 aliphatic carbocycles. The number of rotatable bonds is 9. The number of carbonyl (C=O) groups excluding carboxylic acids is 2. The van der Waals surface area contributed by atoms with Crippen molar-refractivity contribution in [1.29, 1.82) is 0 Å². The largest absolute Gasteiger partial charge is 0.480 e. The highest BCUT2D eigenvalue weighted by Gasteiger charge is 2.21. The van der Waals surface area contributed by atoms with E-state index in [2.05, 4.69) is 15.7 Å². The SMILES string of the molecule is CC(C)C[C@H](NC(=O)CNC(=O)Cc1ccc(-n2cccn2)cc1)C(=O)O. The number of aliphatic carboxylic acids is 1. The second kappa shape index (κ2) is 9.51. The summed E-state index contributed by atoms with van der Waals surface area (Å²) in [6, 6.07) is 8.21. The van der Waals surface area contributed by atoms with E-state index in [1.807, 2.05) is 50.4 Å². The molecule has 27 heavy (non-hydrogen) atoms. The molecule has 0 fully saturated rings. The summed E-state index contributed by atoms with van der Waals surface area (Å²) in [5.41, 5.74) is 1.68. The van der Waals surface area contributed by atoms with E-state index in [4.69, 9.17) is 5.11 Å². The number of hydrogen-bond acceptors (Lipinski definition) is 4. The van der Waals surface area contributed by atoms with Gasteiger partial charge >= 0.3 is 5.97 Å². The Morgan fingerprint density at radius 1 is 1.15 bits per heavy atom. The van der Waals surface area contributed by atoms with Gasteiger partial charge in [-0.05, 0) is 36.1 Å². The Kier molecular flexibility index (Phi) is 7.10. The summed E-state index contributed by atoms with van der Waals surface area (Å²) in [5.74, 6) is -1.79. The predicted molar refractivity (Wildman–Crippen MR) is 99.3 cm³/mol. The van der Waals surface area contributed by atoms with E-state index >= 15 is 0 Å². The number of hydrogen-bond donors (Lipinski definition) is 3. The van der Waals surface area contributed by atoms with Crippen LogP contribution in [-0.4, -0.2) is 45.3 Å². The Balaban J connectivity index is 1.80. The van der Waals surface area contributed by atoms with Crippen molar-refractivity contribution in [1.82, 2.24) is 20.4 Å². The number of aromatic nitrogens is 2. The Morgan fingerprint density at radius 3 is 2.41 bits per heavy atom. The summed E-state index contributed by atoms with van der Waals surface area (Å²) in [6.07, 6.45) is 3.96. The molecule has 0 aliphatic heterocycles. The molecule has 0 aliphatic rings. The minimum absolute atomic E-state index is 0.126. The van der Waals surface area contributed by atoms with Gasteiger partial charge in [-0.25, -0.2) is 9.48 Å². The highest BCUT2D eigenvalue weighted by atomic mass is 16.4. The number of carbonyl (C=O) groups is 3. The zero-order valence-corrected chi connectivity index (χ0v) is 15.4. The maximum Gasteiger partial charge on any atom is 0.326 e. The number of carboxylic acid groups (broad SMARTS) is 1. The molecule has 0 bridgehead atoms. The molecule has 1 atom stereocenters. The van der Waals surface area contributed by atoms with Crippen LogP contribution in [0, 0.1) is 5.92 Å². The molecule has 1 aromatic carbocycles. The van der Waals surface area contributed by atoms with E-state index in [1.54, 1.807) is 10.9 Å². The van der Waals surface area contributed by atoms with Crippen LogP contribution in [0.4, 0.5) is 0 Å². The van der Waals surface area contributed by atoms with Gasteiger partial charge in [0.2, 0.25) is 11.8 Å². The average molecular weight is 372 g/mol. The van der Waals surface area contributed by atoms with Crippen molar-refractivity contribution in [2.45, 2.75) is 32.7 Å². The molecule has 8 nitrogen and oxygen atoms in total. The molecular formula is C19H24N4O4. The molecule has 2 rings (SSSR count). The third kappa shape index (κ3) is 6.58. The van der Waals surface area contributed by atoms with Gasteiger partial charge in [-0.3, -0.25) is 9.59 Å². The average Bonchev–Trinajstić information content (AvgIpc) is 3.14. The molecule has 0 unspecified atom stereocenters. The normalized spacial score (nSPS) is 11.8. The van der Waals surface area contributed by atoms with Crippen molar-refractivity contribution in [2.75, 3.05) is 6.54 Å². The molecule has 0 saturated heterocycles. The lowest BCUT2D eigenvalue weighted by Crippen LogP contribution is -2.46. The van der Waals surface area contributed by atoms with E-state index in [-0.39, 0.29) is 24.8 Å². The molecule has 2 amide bonds. The van der Waals surface area contributed by atoms with Crippen molar-refractivity contribution in [3.63, 3.8) is 0 Å². The van der Waals surface area contributed by atoms with Gasteiger partial charge in [0.1, 0.15) is 6.04 Å². The van der Waals surface area contributed by atoms with Crippen molar-refractivity contribution in [2.24, 2.45) is 5.92 Å². The first-order valence-electron chi connectivity index (χ1n) is 8.73. The van der Waals surface area contributed by atoms with Crippen LogP contribution in [0.3, 0.4) is 0 Å². The molecule has 1 aromatic heterocycles. The van der Waals surface area contributed by atoms with Crippen LogP contribution in [0.2, 0.25) is 0 Å². The van der Waals surface area contributed by atoms with Crippen LogP contribution in [0.15, 0.2) is 42.7 Å². The lowest BCUT2D eigenvalue weighted by Gasteiger charge is -2.16. The fourth-order valence-corrected chi connectivity index (χ4v) is 2.55. The second-order valence-corrected chi connectivity index (χ2v) is 6.66. The smallest absolute Gasteiger partial charge is 0.326 e. The topological polar surface area (TPSA) is 113 Å². The maximum atomic E-state index is 12.0. The quantitative estimate of drug-likeness (QED) is 0.611. The van der Waals surface area contributed by atoms with Gasteiger partial charge < -0.3 is 15.7 Å². The second-order valence-electron chi connectivity index (χ2n) is 6.66. The first kappa shape index (κ1) is 20.2. The van der Waals surface area contributed by atoms with Crippen LogP contribution in [0.5, 0.6) is 0 Å². The lowest BCUT2D eigenvalue weighted by molar-refractivity contribution is -0.142. The van der Waals surface area contributed by atoms with E-state index in [1.165, 1.54) is 0 Å². The number of benzene rings is 1. The third-order valence-electron chi connectivity index (χ3n) is 3.86. The molecule has 0 saturated carbocycles. The van der Waals surface area contributed by atoms with Crippen LogP contribution >= 0.6 is 0 Å². The standard InChI is InChI=1S/C19H24N4O4/c1-13(2)10-16(19(26)27)22-18(25)12-20-17(24)11-14-4-6-15(7-5-14)23-9-3-8-21-23/h3-9,13,16H,10-12H2,1-2H3,(H,20,24)(H,22,25)(H,26,27)/t16-/m0/s1. The summed E-state index contributed by atoms with van der Waals surface area (Å²) in [5, 5.41) is 18.2. The van der Waals surface area contributed by atoms with Crippen molar-refractivity contribution in [3.8, 4) is 5.69 Å². The molecule has 0 spiro atoms. The van der Waals surface area contributed by atoms with Crippen molar-refractivity contribution in [3.05, 3.63) is 48.3 Å². The number of amides is 2. The fraction of sp³-hybridized carbons (Fsp3) is 0.368. The van der Waals surface area contributed by atoms with Gasteiger partial charge in [0.25, 0.3) is 0 Å². The summed E-state index contributed by atoms with van der Waals surface area (Å²) in [6.45, 7) is 3.50. The number of nitrogens with one attached hydrogen (secondary N) is 2. The van der Waals surface area contributed by atoms with Gasteiger partial charge in [-0.2, -0.15) is 5.10 Å². The number of carboxylic acids is 1. The molecule has 144 valence electrons. The summed E-state index contributed by atoms with van der Waals surface area (Å²) < 4.78 is 1.71. The Hall–Kier alpha value is -3.16. The fourth-order valence-electron chi connectivity index (χ4n) is 2.55. The zero-order chi connectivity index (χ0) is 19.8. The van der Waals surface area contributed by atoms with Gasteiger partial charge in [-0.15, -0.1) is 0 Å². The summed E-state index contributed by atoms with van der Waals surface area (Å²) >= 11 is 0. The van der Waals surface area contributed by atoms with Crippen molar-refractivity contribution < 1.29 is 19.5 Å². The van der Waals surface area contributed by atoms with E-state index in [0.717, 1.165) is 11.3 Å². The summed E-state index contributed by atoms with van der Waals surface area (Å²) in [7, 11) is 0. The van der Waals surface area contributed by atoms with E-state index in [0.29, 0.717) is 6.42 Å². The van der Waals surface area contributed by atoms with Crippen LogP contribution in [0.25, 0.3) is 5.69 Å². The molecule has 2 aromatic rings. The van der Waals surface area contributed by atoms with Gasteiger partial charge in [-0.1, -0.05) is 26.0 Å². The third-order valence-corrected chi connectivity index (χ3v) is 3.86. The summed E-state index contributed by atoms with van der Waals surface area (Å²) in [4.78, 5) is 35.0. The van der Waals surface area contributed by atoms with Crippen LogP contribution in [-0.2, 0) is 20.8 Å². The minimum atomic E-state index is -1.08. The highest BCUT2D eigenvalue weighted by molar-refractivity contribution is 5.88. The van der Waals surface area contributed by atoms with Gasteiger partial charge in [0.05, 0.1) is 18.7 Å². The molecule has 8 heteroatoms. The molecule has 0 radical (unpaired) electrons. The Morgan fingerprint density at radius 2 is 1.85 bits per heavy atom. The number of nitrogens with zero attached hydrogens (tertiary/aromatic N) is 2. The molecule has 3 N–H and O–H groups in total. The van der Waals surface area contributed by atoms with E-state index < -0.39 is 17.9 Å². The first-order valence-corrected chi connectivity index (χ1v) is 8.73. The van der Waals surface area contributed by atoms with Gasteiger partial charge in [0.15, 0.2) is 0 Å². The predicted octanol–water partition coefficient (Wildman–Crippen LogP) is 1.15. The minimum Gasteiger partial charge on any atom is -0.480 e.